The van der Waals surface area contributed by atoms with Crippen molar-refractivity contribution in [3.05, 3.63) is 0 Å². The number of carboxylic acid groups (broad SMARTS) is 3. The van der Waals surface area contributed by atoms with Gasteiger partial charge in [0.15, 0.2) is 6.10 Å². The predicted molar refractivity (Wildman–Crippen MR) is 67.1 cm³/mol. The Kier molecular flexibility index (Phi) is 9.51. The van der Waals surface area contributed by atoms with Crippen molar-refractivity contribution >= 4 is 17.9 Å². The zero-order valence-corrected chi connectivity index (χ0v) is 11.7. The highest BCUT2D eigenvalue weighted by atomic mass is 16.4. The fourth-order valence-corrected chi connectivity index (χ4v) is 1.15. The number of nitrogens with zero attached hydrogens (tertiary/aromatic N) is 1. The lowest BCUT2D eigenvalue weighted by atomic mass is 10.2. The first-order valence-corrected chi connectivity index (χ1v) is 5.68. The third-order valence-electron chi connectivity index (χ3n) is 1.82. The number of carboxylic acids is 3. The minimum Gasteiger partial charge on any atom is -0.481 e. The lowest BCUT2D eigenvalue weighted by molar-refractivity contribution is -0.873. The number of hydrogen-bond acceptors (Lipinski definition) is 5. The molecule has 0 saturated heterocycles. The molecular weight excluding hydrogens is 274 g/mol. The van der Waals surface area contributed by atoms with Gasteiger partial charge in [-0.05, 0) is 0 Å². The van der Waals surface area contributed by atoms with E-state index in [9.17, 15) is 14.4 Å². The first-order valence-electron chi connectivity index (χ1n) is 5.68. The molecule has 118 valence electrons. The zero-order chi connectivity index (χ0) is 16.5. The molecule has 0 heterocycles. The van der Waals surface area contributed by atoms with Gasteiger partial charge in [0.1, 0.15) is 12.6 Å². The van der Waals surface area contributed by atoms with E-state index in [-0.39, 0.29) is 6.42 Å². The van der Waals surface area contributed by atoms with Gasteiger partial charge in [-0.1, -0.05) is 0 Å². The van der Waals surface area contributed by atoms with Gasteiger partial charge >= 0.3 is 17.9 Å². The van der Waals surface area contributed by atoms with Crippen LogP contribution in [-0.2, 0) is 14.4 Å². The van der Waals surface area contributed by atoms with E-state index in [0.29, 0.717) is 11.0 Å². The van der Waals surface area contributed by atoms with Crippen molar-refractivity contribution in [2.24, 2.45) is 0 Å². The molecule has 9 nitrogen and oxygen atoms in total. The Balaban J connectivity index is 0. The number of aliphatic carboxylic acids is 3. The van der Waals surface area contributed by atoms with Crippen molar-refractivity contribution in [3.63, 3.8) is 0 Å². The van der Waals surface area contributed by atoms with Gasteiger partial charge in [0.25, 0.3) is 0 Å². The van der Waals surface area contributed by atoms with Crippen molar-refractivity contribution in [1.29, 1.82) is 0 Å². The fourth-order valence-electron chi connectivity index (χ4n) is 1.15. The minimum atomic E-state index is -1.79. The monoisotopic (exact) mass is 296 g/mol. The third-order valence-corrected chi connectivity index (χ3v) is 1.82. The van der Waals surface area contributed by atoms with Crippen LogP contribution in [-0.4, -0.2) is 87.8 Å². The summed E-state index contributed by atoms with van der Waals surface area (Å²) in [4.78, 5) is 29.5. The van der Waals surface area contributed by atoms with Gasteiger partial charge < -0.3 is 30.0 Å². The highest BCUT2D eigenvalue weighted by molar-refractivity contribution is 5.79. The van der Waals surface area contributed by atoms with E-state index in [1.807, 2.05) is 21.1 Å². The van der Waals surface area contributed by atoms with Gasteiger partial charge in [0, 0.05) is 0 Å². The SMILES string of the molecule is C[N+](C)(C)CC(O)CC(=O)O.O=C(O)CC(O)C(=O)O. The summed E-state index contributed by atoms with van der Waals surface area (Å²) < 4.78 is 0.578. The molecule has 5 N–H and O–H groups in total. The first-order chi connectivity index (χ1) is 8.85. The van der Waals surface area contributed by atoms with E-state index in [2.05, 4.69) is 0 Å². The average molecular weight is 296 g/mol. The quantitative estimate of drug-likeness (QED) is 0.353. The average Bonchev–Trinajstić information content (AvgIpc) is 2.12. The minimum absolute atomic E-state index is 0.171. The highest BCUT2D eigenvalue weighted by Crippen LogP contribution is 1.98. The second-order valence-electron chi connectivity index (χ2n) is 5.18. The summed E-state index contributed by atoms with van der Waals surface area (Å²) >= 11 is 0. The molecular formula is C11H22NO8+. The van der Waals surface area contributed by atoms with Crippen molar-refractivity contribution in [2.45, 2.75) is 25.0 Å². The molecule has 0 aromatic heterocycles. The number of rotatable bonds is 7. The molecule has 0 bridgehead atoms. The van der Waals surface area contributed by atoms with Gasteiger partial charge in [0.05, 0.1) is 34.0 Å². The molecule has 9 heteroatoms. The second kappa shape index (κ2) is 9.23. The van der Waals surface area contributed by atoms with E-state index >= 15 is 0 Å². The van der Waals surface area contributed by atoms with Crippen LogP contribution in [0.15, 0.2) is 0 Å². The predicted octanol–water partition coefficient (Wildman–Crippen LogP) is -1.57. The Labute approximate surface area is 116 Å². The molecule has 20 heavy (non-hydrogen) atoms. The van der Waals surface area contributed by atoms with E-state index in [1.165, 1.54) is 0 Å². The van der Waals surface area contributed by atoms with E-state index in [4.69, 9.17) is 25.5 Å². The molecule has 0 aromatic carbocycles. The van der Waals surface area contributed by atoms with Gasteiger partial charge in [-0.15, -0.1) is 0 Å². The topological polar surface area (TPSA) is 152 Å². The summed E-state index contributed by atoms with van der Waals surface area (Å²) in [6, 6.07) is 0. The number of aliphatic hydroxyl groups is 2. The summed E-state index contributed by atoms with van der Waals surface area (Å²) in [6.45, 7) is 0.465. The van der Waals surface area contributed by atoms with Crippen LogP contribution in [0.3, 0.4) is 0 Å². The number of aliphatic hydroxyl groups excluding tert-OH is 2. The maximum absolute atomic E-state index is 10.1. The summed E-state index contributed by atoms with van der Waals surface area (Å²) in [5.74, 6) is -3.80. The van der Waals surface area contributed by atoms with Crippen molar-refractivity contribution in [1.82, 2.24) is 0 Å². The number of hydrogen-bond donors (Lipinski definition) is 5. The molecule has 0 amide bonds. The van der Waals surface area contributed by atoms with Crippen LogP contribution in [0.5, 0.6) is 0 Å². The fraction of sp³-hybridized carbons (Fsp3) is 0.727. The normalized spacial score (nSPS) is 13.7. The van der Waals surface area contributed by atoms with Crippen LogP contribution in [0, 0.1) is 0 Å². The summed E-state index contributed by atoms with van der Waals surface area (Å²) in [7, 11) is 5.72. The lowest BCUT2D eigenvalue weighted by Gasteiger charge is -2.25. The first kappa shape index (κ1) is 20.6. The largest absolute Gasteiger partial charge is 0.481 e. The van der Waals surface area contributed by atoms with Crippen molar-refractivity contribution in [3.8, 4) is 0 Å². The van der Waals surface area contributed by atoms with Crippen LogP contribution in [0.2, 0.25) is 0 Å². The van der Waals surface area contributed by atoms with Gasteiger partial charge in [-0.3, -0.25) is 9.59 Å². The van der Waals surface area contributed by atoms with Gasteiger partial charge in [-0.2, -0.15) is 0 Å². The van der Waals surface area contributed by atoms with Crippen molar-refractivity contribution < 1.29 is 44.4 Å². The van der Waals surface area contributed by atoms with Crippen LogP contribution < -0.4 is 0 Å². The Morgan fingerprint density at radius 1 is 0.900 bits per heavy atom. The smallest absolute Gasteiger partial charge is 0.333 e. The van der Waals surface area contributed by atoms with E-state index < -0.39 is 36.5 Å². The van der Waals surface area contributed by atoms with E-state index in [0.717, 1.165) is 0 Å². The summed E-state index contributed by atoms with van der Waals surface area (Å²) in [5, 5.41) is 41.6. The Morgan fingerprint density at radius 3 is 1.50 bits per heavy atom. The van der Waals surface area contributed by atoms with Crippen LogP contribution in [0.25, 0.3) is 0 Å². The van der Waals surface area contributed by atoms with Crippen LogP contribution in [0.4, 0.5) is 0 Å². The molecule has 0 aliphatic heterocycles. The maximum atomic E-state index is 10.1. The van der Waals surface area contributed by atoms with Crippen molar-refractivity contribution in [2.75, 3.05) is 27.7 Å². The van der Waals surface area contributed by atoms with Crippen LogP contribution in [0.1, 0.15) is 12.8 Å². The molecule has 0 aliphatic carbocycles. The number of carbonyl (C=O) groups is 3. The Morgan fingerprint density at radius 2 is 1.30 bits per heavy atom. The van der Waals surface area contributed by atoms with Gasteiger partial charge in [-0.25, -0.2) is 4.79 Å². The Hall–Kier alpha value is -1.71. The number of likely N-dealkylation sites (N-methyl/N-ethyl adjacent to an activating group) is 1. The molecule has 0 radical (unpaired) electrons. The Bertz CT molecular complexity index is 336. The molecule has 0 aliphatic rings. The molecule has 2 atom stereocenters. The molecule has 0 saturated carbocycles. The van der Waals surface area contributed by atoms with Crippen LogP contribution >= 0.6 is 0 Å². The molecule has 0 fully saturated rings. The third kappa shape index (κ3) is 16.3. The summed E-state index contributed by atoms with van der Waals surface area (Å²) in [5.41, 5.74) is 0. The lowest BCUT2D eigenvalue weighted by Crippen LogP contribution is -2.42. The molecule has 0 rings (SSSR count). The second-order valence-corrected chi connectivity index (χ2v) is 5.18. The van der Waals surface area contributed by atoms with E-state index in [1.54, 1.807) is 0 Å². The number of quaternary nitrogens is 1. The molecule has 0 spiro atoms. The molecule has 2 unspecified atom stereocenters. The highest BCUT2D eigenvalue weighted by Gasteiger charge is 2.17. The summed E-state index contributed by atoms with van der Waals surface area (Å²) in [6.07, 6.45) is -3.46. The van der Waals surface area contributed by atoms with Gasteiger partial charge in [0.2, 0.25) is 0 Å². The zero-order valence-electron chi connectivity index (χ0n) is 11.7. The standard InChI is InChI=1S/C7H15NO3.C4H6O5/c1-8(2,3)5-6(9)4-7(10)11;5-2(4(8)9)1-3(6)7/h6,9H,4-5H2,1-3H3;2,5H,1H2,(H,6,7)(H,8,9)/p+1. The maximum Gasteiger partial charge on any atom is 0.333 e. The molecule has 0 aromatic rings.